The van der Waals surface area contributed by atoms with E-state index in [1.54, 1.807) is 6.07 Å². The van der Waals surface area contributed by atoms with Gasteiger partial charge >= 0.3 is 5.97 Å². The quantitative estimate of drug-likeness (QED) is 0.854. The van der Waals surface area contributed by atoms with Crippen molar-refractivity contribution in [2.75, 3.05) is 24.6 Å². The summed E-state index contributed by atoms with van der Waals surface area (Å²) in [4.78, 5) is 25.9. The number of benzene rings is 1. The van der Waals surface area contributed by atoms with Gasteiger partial charge in [-0.3, -0.25) is 4.79 Å². The number of carboxylic acids is 1. The molecule has 26 heavy (non-hydrogen) atoms. The van der Waals surface area contributed by atoms with Crippen molar-refractivity contribution in [3.05, 3.63) is 39.9 Å². The molecule has 0 amide bonds. The molecule has 1 N–H and O–H groups in total. The lowest BCUT2D eigenvalue weighted by Crippen LogP contribution is -2.38. The van der Waals surface area contributed by atoms with Gasteiger partial charge in [0.1, 0.15) is 11.4 Å². The van der Waals surface area contributed by atoms with Crippen LogP contribution in [0, 0.1) is 5.82 Å². The molecule has 2 aliphatic heterocycles. The molecule has 0 atom stereocenters. The monoisotopic (exact) mass is 358 g/mol. The summed E-state index contributed by atoms with van der Waals surface area (Å²) in [7, 11) is 0. The number of aromatic nitrogens is 1. The Morgan fingerprint density at radius 3 is 2.54 bits per heavy atom. The van der Waals surface area contributed by atoms with Gasteiger partial charge < -0.3 is 19.3 Å². The lowest BCUT2D eigenvalue weighted by molar-refractivity contribution is 0.0695. The number of nitrogens with zero attached hydrogens (tertiary/aromatic N) is 2. The number of carboxylic acid groups (broad SMARTS) is 1. The minimum Gasteiger partial charge on any atom is -0.477 e. The molecule has 5 rings (SSSR count). The average molecular weight is 358 g/mol. The Labute approximate surface area is 148 Å². The molecule has 6 nitrogen and oxygen atoms in total. The van der Waals surface area contributed by atoms with Gasteiger partial charge in [-0.1, -0.05) is 0 Å². The van der Waals surface area contributed by atoms with Crippen molar-refractivity contribution in [1.29, 1.82) is 0 Å². The van der Waals surface area contributed by atoms with Crippen LogP contribution < -0.4 is 10.3 Å². The van der Waals surface area contributed by atoms with E-state index in [1.807, 2.05) is 9.47 Å². The van der Waals surface area contributed by atoms with E-state index in [0.717, 1.165) is 32.3 Å². The fourth-order valence-corrected chi connectivity index (χ4v) is 3.95. The Morgan fingerprint density at radius 1 is 1.27 bits per heavy atom. The van der Waals surface area contributed by atoms with Crippen molar-refractivity contribution in [2.45, 2.75) is 37.3 Å². The van der Waals surface area contributed by atoms with E-state index in [4.69, 9.17) is 4.74 Å². The van der Waals surface area contributed by atoms with Crippen LogP contribution in [0.25, 0.3) is 10.9 Å². The number of hydrogen-bond acceptors (Lipinski definition) is 4. The number of hydrogen-bond donors (Lipinski definition) is 1. The van der Waals surface area contributed by atoms with E-state index >= 15 is 0 Å². The highest BCUT2D eigenvalue weighted by Gasteiger charge is 2.46. The van der Waals surface area contributed by atoms with Gasteiger partial charge in [0.25, 0.3) is 0 Å². The lowest BCUT2D eigenvalue weighted by Gasteiger charge is -2.32. The fraction of sp³-hybridized carbons (Fsp3) is 0.474. The van der Waals surface area contributed by atoms with Crippen molar-refractivity contribution >= 4 is 22.6 Å². The third kappa shape index (κ3) is 2.41. The number of anilines is 1. The Balaban J connectivity index is 1.64. The summed E-state index contributed by atoms with van der Waals surface area (Å²) in [5.41, 5.74) is 0.170. The maximum atomic E-state index is 14.8. The highest BCUT2D eigenvalue weighted by atomic mass is 19.1. The molecule has 2 saturated heterocycles. The Hall–Kier alpha value is -2.41. The summed E-state index contributed by atoms with van der Waals surface area (Å²) in [5.74, 6) is -1.76. The van der Waals surface area contributed by atoms with Gasteiger partial charge in [-0.2, -0.15) is 0 Å². The average Bonchev–Trinajstić information content (AvgIpc) is 3.53. The number of carbonyl (C=O) groups is 1. The van der Waals surface area contributed by atoms with Crippen LogP contribution in [-0.4, -0.2) is 40.9 Å². The number of halogens is 1. The second kappa shape index (κ2) is 5.30. The second-order valence-electron chi connectivity index (χ2n) is 7.59. The van der Waals surface area contributed by atoms with Crippen molar-refractivity contribution in [3.8, 4) is 0 Å². The van der Waals surface area contributed by atoms with Crippen LogP contribution in [-0.2, 0) is 4.74 Å². The fourth-order valence-electron chi connectivity index (χ4n) is 3.95. The highest BCUT2D eigenvalue weighted by molar-refractivity contribution is 5.93. The third-order valence-corrected chi connectivity index (χ3v) is 5.84. The molecular formula is C19H19FN2O4. The zero-order valence-electron chi connectivity index (χ0n) is 14.2. The molecule has 3 heterocycles. The summed E-state index contributed by atoms with van der Waals surface area (Å²) in [6, 6.07) is 3.09. The molecule has 1 aromatic carbocycles. The van der Waals surface area contributed by atoms with Gasteiger partial charge in [0.15, 0.2) is 0 Å². The number of aromatic carboxylic acids is 1. The first-order chi connectivity index (χ1) is 12.5. The molecule has 0 bridgehead atoms. The minimum absolute atomic E-state index is 0.0102. The molecule has 1 aromatic heterocycles. The standard InChI is InChI=1S/C19H19FN2O4/c20-14-7-12-15(8-16(14)21-5-3-19(4-6-21)10-26-19)22(11-1-2-11)9-13(17(12)23)18(24)25/h7-9,11H,1-6,10H2,(H,24,25). The van der Waals surface area contributed by atoms with Crippen molar-refractivity contribution < 1.29 is 19.0 Å². The van der Waals surface area contributed by atoms with Crippen LogP contribution in [0.3, 0.4) is 0 Å². The molecule has 1 spiro atoms. The van der Waals surface area contributed by atoms with Crippen LogP contribution in [0.15, 0.2) is 23.1 Å². The maximum absolute atomic E-state index is 14.8. The second-order valence-corrected chi connectivity index (χ2v) is 7.59. The molecule has 136 valence electrons. The SMILES string of the molecule is O=C(O)c1cn(C2CC2)c2cc(N3CCC4(CC3)CO4)c(F)cc2c1=O. The molecule has 7 heteroatoms. The maximum Gasteiger partial charge on any atom is 0.341 e. The first-order valence-corrected chi connectivity index (χ1v) is 8.98. The minimum atomic E-state index is -1.28. The van der Waals surface area contributed by atoms with Crippen molar-refractivity contribution in [2.24, 2.45) is 0 Å². The van der Waals surface area contributed by atoms with Crippen LogP contribution in [0.1, 0.15) is 42.1 Å². The smallest absolute Gasteiger partial charge is 0.341 e. The number of pyridine rings is 1. The van der Waals surface area contributed by atoms with Crippen molar-refractivity contribution in [3.63, 3.8) is 0 Å². The topological polar surface area (TPSA) is 75.1 Å². The molecule has 0 radical (unpaired) electrons. The van der Waals surface area contributed by atoms with Crippen molar-refractivity contribution in [1.82, 2.24) is 4.57 Å². The molecule has 0 unspecified atom stereocenters. The first kappa shape index (κ1) is 15.8. The third-order valence-electron chi connectivity index (χ3n) is 5.84. The zero-order valence-corrected chi connectivity index (χ0v) is 14.2. The summed E-state index contributed by atoms with van der Waals surface area (Å²) < 4.78 is 22.1. The number of piperidine rings is 1. The number of fused-ring (bicyclic) bond motifs is 1. The van der Waals surface area contributed by atoms with E-state index in [0.29, 0.717) is 24.3 Å². The van der Waals surface area contributed by atoms with Gasteiger partial charge in [0, 0.05) is 30.7 Å². The number of ether oxygens (including phenoxy) is 1. The van der Waals surface area contributed by atoms with Crippen LogP contribution in [0.5, 0.6) is 0 Å². The highest BCUT2D eigenvalue weighted by Crippen LogP contribution is 2.41. The predicted octanol–water partition coefficient (Wildman–Crippen LogP) is 2.54. The zero-order chi connectivity index (χ0) is 18.1. The lowest BCUT2D eigenvalue weighted by atomic mass is 9.97. The van der Waals surface area contributed by atoms with Crippen LogP contribution >= 0.6 is 0 Å². The van der Waals surface area contributed by atoms with E-state index in [9.17, 15) is 19.1 Å². The summed E-state index contributed by atoms with van der Waals surface area (Å²) in [6.45, 7) is 2.22. The molecule has 3 fully saturated rings. The number of epoxide rings is 1. The first-order valence-electron chi connectivity index (χ1n) is 8.98. The summed E-state index contributed by atoms with van der Waals surface area (Å²) in [5, 5.41) is 9.44. The molecule has 3 aliphatic rings. The molecule has 2 aromatic rings. The molecule has 1 saturated carbocycles. The van der Waals surface area contributed by atoms with Crippen LogP contribution in [0.4, 0.5) is 10.1 Å². The Kier molecular flexibility index (Phi) is 3.22. The van der Waals surface area contributed by atoms with Gasteiger partial charge in [0.2, 0.25) is 5.43 Å². The van der Waals surface area contributed by atoms with E-state index in [-0.39, 0.29) is 22.6 Å². The van der Waals surface area contributed by atoms with E-state index < -0.39 is 17.2 Å². The van der Waals surface area contributed by atoms with E-state index in [1.165, 1.54) is 12.3 Å². The van der Waals surface area contributed by atoms with Crippen LogP contribution in [0.2, 0.25) is 0 Å². The Bertz CT molecular complexity index is 981. The van der Waals surface area contributed by atoms with E-state index in [2.05, 4.69) is 0 Å². The largest absolute Gasteiger partial charge is 0.477 e. The Morgan fingerprint density at radius 2 is 1.96 bits per heavy atom. The van der Waals surface area contributed by atoms with Gasteiger partial charge in [-0.15, -0.1) is 0 Å². The summed E-state index contributed by atoms with van der Waals surface area (Å²) >= 11 is 0. The van der Waals surface area contributed by atoms with Gasteiger partial charge in [-0.25, -0.2) is 9.18 Å². The predicted molar refractivity (Wildman–Crippen MR) is 93.5 cm³/mol. The number of rotatable bonds is 3. The molecule has 1 aliphatic carbocycles. The van der Waals surface area contributed by atoms with Gasteiger partial charge in [-0.05, 0) is 37.8 Å². The normalized spacial score (nSPS) is 21.3. The van der Waals surface area contributed by atoms with Gasteiger partial charge in [0.05, 0.1) is 23.4 Å². The summed E-state index contributed by atoms with van der Waals surface area (Å²) in [6.07, 6.45) is 5.03. The molecular weight excluding hydrogens is 339 g/mol.